The second-order valence-corrected chi connectivity index (χ2v) is 7.39. The van der Waals surface area contributed by atoms with Gasteiger partial charge in [-0.15, -0.1) is 0 Å². The van der Waals surface area contributed by atoms with Gasteiger partial charge in [-0.3, -0.25) is 9.59 Å². The summed E-state index contributed by atoms with van der Waals surface area (Å²) >= 11 is 3.36. The number of carbonyl (C=O) groups is 2. The molecule has 1 amide bonds. The van der Waals surface area contributed by atoms with Crippen LogP contribution >= 0.6 is 15.9 Å². The van der Waals surface area contributed by atoms with E-state index < -0.39 is 0 Å². The number of likely N-dealkylation sites (tertiary alicyclic amines) is 1. The highest BCUT2D eigenvalue weighted by Gasteiger charge is 2.37. The standard InChI is InChI=1S/C16H20BrNO2/c1-16(2,3)12-8-15(20)18(9-12)10-14(19)11-5-4-6-13(17)7-11/h4-7,12H,8-10H2,1-3H3. The lowest BCUT2D eigenvalue weighted by molar-refractivity contribution is -0.127. The summed E-state index contributed by atoms with van der Waals surface area (Å²) in [7, 11) is 0. The molecule has 0 aromatic heterocycles. The second kappa shape index (κ2) is 5.68. The van der Waals surface area contributed by atoms with Gasteiger partial charge in [-0.1, -0.05) is 48.8 Å². The summed E-state index contributed by atoms with van der Waals surface area (Å²) in [5.74, 6) is 0.410. The normalized spacial score (nSPS) is 19.5. The Hall–Kier alpha value is -1.16. The zero-order valence-corrected chi connectivity index (χ0v) is 13.7. The smallest absolute Gasteiger partial charge is 0.223 e. The minimum atomic E-state index is -0.00536. The zero-order chi connectivity index (χ0) is 14.9. The van der Waals surface area contributed by atoms with Crippen molar-refractivity contribution in [1.82, 2.24) is 4.90 Å². The number of amides is 1. The van der Waals surface area contributed by atoms with Gasteiger partial charge in [0.05, 0.1) is 6.54 Å². The van der Waals surface area contributed by atoms with Crippen molar-refractivity contribution >= 4 is 27.6 Å². The first-order valence-electron chi connectivity index (χ1n) is 6.84. The summed E-state index contributed by atoms with van der Waals surface area (Å²) < 4.78 is 0.878. The Kier molecular flexibility index (Phi) is 4.33. The molecule has 0 spiro atoms. The first-order chi connectivity index (χ1) is 9.27. The van der Waals surface area contributed by atoms with Crippen molar-refractivity contribution in [1.29, 1.82) is 0 Å². The molecule has 0 N–H and O–H groups in total. The number of carbonyl (C=O) groups excluding carboxylic acids is 2. The summed E-state index contributed by atoms with van der Waals surface area (Å²) in [4.78, 5) is 26.0. The third-order valence-corrected chi connectivity index (χ3v) is 4.41. The number of hydrogen-bond donors (Lipinski definition) is 0. The fraction of sp³-hybridized carbons (Fsp3) is 0.500. The Bertz CT molecular complexity index is 534. The van der Waals surface area contributed by atoms with Gasteiger partial charge >= 0.3 is 0 Å². The van der Waals surface area contributed by atoms with Crippen LogP contribution in [0.1, 0.15) is 37.6 Å². The van der Waals surface area contributed by atoms with Crippen LogP contribution in [-0.4, -0.2) is 29.7 Å². The minimum Gasteiger partial charge on any atom is -0.335 e. The number of hydrogen-bond acceptors (Lipinski definition) is 2. The van der Waals surface area contributed by atoms with Gasteiger partial charge in [0.2, 0.25) is 5.91 Å². The van der Waals surface area contributed by atoms with Crippen LogP contribution < -0.4 is 0 Å². The number of ketones is 1. The van der Waals surface area contributed by atoms with Crippen molar-refractivity contribution in [2.24, 2.45) is 11.3 Å². The van der Waals surface area contributed by atoms with Crippen LogP contribution in [0.4, 0.5) is 0 Å². The Labute approximate surface area is 128 Å². The number of halogens is 1. The van der Waals surface area contributed by atoms with Crippen molar-refractivity contribution in [3.63, 3.8) is 0 Å². The van der Waals surface area contributed by atoms with E-state index >= 15 is 0 Å². The minimum absolute atomic E-state index is 0.00536. The molecule has 2 rings (SSSR count). The van der Waals surface area contributed by atoms with Gasteiger partial charge in [0.25, 0.3) is 0 Å². The second-order valence-electron chi connectivity index (χ2n) is 6.47. The number of nitrogens with zero attached hydrogens (tertiary/aromatic N) is 1. The average molecular weight is 338 g/mol. The number of rotatable bonds is 3. The van der Waals surface area contributed by atoms with Crippen LogP contribution in [0, 0.1) is 11.3 Å². The van der Waals surface area contributed by atoms with Crippen LogP contribution in [0.2, 0.25) is 0 Å². The van der Waals surface area contributed by atoms with E-state index in [-0.39, 0.29) is 23.7 Å². The molecule has 1 aliphatic heterocycles. The molecule has 1 saturated heterocycles. The third-order valence-electron chi connectivity index (χ3n) is 3.92. The molecule has 1 fully saturated rings. The van der Waals surface area contributed by atoms with Crippen LogP contribution in [0.3, 0.4) is 0 Å². The lowest BCUT2D eigenvalue weighted by Gasteiger charge is -2.26. The van der Waals surface area contributed by atoms with E-state index in [0.717, 1.165) is 4.47 Å². The molecule has 20 heavy (non-hydrogen) atoms. The average Bonchev–Trinajstić information content (AvgIpc) is 2.71. The quantitative estimate of drug-likeness (QED) is 0.791. The molecule has 1 aliphatic rings. The number of benzene rings is 1. The maximum atomic E-state index is 12.2. The third kappa shape index (κ3) is 3.48. The van der Waals surface area contributed by atoms with Crippen LogP contribution in [0.25, 0.3) is 0 Å². The van der Waals surface area contributed by atoms with E-state index in [9.17, 15) is 9.59 Å². The van der Waals surface area contributed by atoms with Crippen molar-refractivity contribution < 1.29 is 9.59 Å². The Balaban J connectivity index is 2.04. The van der Waals surface area contributed by atoms with Crippen molar-refractivity contribution in [3.8, 4) is 0 Å². The van der Waals surface area contributed by atoms with Crippen molar-refractivity contribution in [3.05, 3.63) is 34.3 Å². The van der Waals surface area contributed by atoms with E-state index in [1.807, 2.05) is 12.1 Å². The topological polar surface area (TPSA) is 37.4 Å². The van der Waals surface area contributed by atoms with Gasteiger partial charge in [0, 0.05) is 23.0 Å². The largest absolute Gasteiger partial charge is 0.335 e. The monoisotopic (exact) mass is 337 g/mol. The first-order valence-corrected chi connectivity index (χ1v) is 7.63. The molecule has 1 atom stereocenters. The van der Waals surface area contributed by atoms with Gasteiger partial charge in [-0.05, 0) is 23.5 Å². The molecule has 4 heteroatoms. The van der Waals surface area contributed by atoms with Crippen molar-refractivity contribution in [2.45, 2.75) is 27.2 Å². The van der Waals surface area contributed by atoms with Crippen LogP contribution in [-0.2, 0) is 4.79 Å². The lowest BCUT2D eigenvalue weighted by Crippen LogP contribution is -2.32. The molecule has 0 saturated carbocycles. The van der Waals surface area contributed by atoms with E-state index in [4.69, 9.17) is 0 Å². The van der Waals surface area contributed by atoms with Crippen LogP contribution in [0.15, 0.2) is 28.7 Å². The van der Waals surface area contributed by atoms with Crippen molar-refractivity contribution in [2.75, 3.05) is 13.1 Å². The molecule has 108 valence electrons. The summed E-state index contributed by atoms with van der Waals surface area (Å²) in [6.45, 7) is 7.30. The van der Waals surface area contributed by atoms with Gasteiger partial charge in [0.1, 0.15) is 0 Å². The van der Waals surface area contributed by atoms with E-state index in [2.05, 4.69) is 36.7 Å². The highest BCUT2D eigenvalue weighted by molar-refractivity contribution is 9.10. The highest BCUT2D eigenvalue weighted by atomic mass is 79.9. The summed E-state index contributed by atoms with van der Waals surface area (Å²) in [6, 6.07) is 7.30. The van der Waals surface area contributed by atoms with E-state index in [0.29, 0.717) is 24.4 Å². The molecule has 0 bridgehead atoms. The molecule has 1 aromatic carbocycles. The zero-order valence-electron chi connectivity index (χ0n) is 12.1. The Morgan fingerprint density at radius 1 is 1.40 bits per heavy atom. The molecule has 1 heterocycles. The van der Waals surface area contributed by atoms with E-state index in [1.165, 1.54) is 0 Å². The fourth-order valence-electron chi connectivity index (χ4n) is 2.43. The predicted molar refractivity (Wildman–Crippen MR) is 82.6 cm³/mol. The molecule has 1 unspecified atom stereocenters. The molecule has 3 nitrogen and oxygen atoms in total. The Morgan fingerprint density at radius 2 is 2.10 bits per heavy atom. The summed E-state index contributed by atoms with van der Waals surface area (Å²) in [6.07, 6.45) is 0.551. The highest BCUT2D eigenvalue weighted by Crippen LogP contribution is 2.34. The SMILES string of the molecule is CC(C)(C)C1CC(=O)N(CC(=O)c2cccc(Br)c2)C1. The summed E-state index contributed by atoms with van der Waals surface area (Å²) in [5, 5.41) is 0. The lowest BCUT2D eigenvalue weighted by atomic mass is 9.80. The maximum Gasteiger partial charge on any atom is 0.223 e. The first kappa shape index (κ1) is 15.2. The number of Topliss-reactive ketones (excluding diaryl/α,β-unsaturated/α-hetero) is 1. The molecule has 0 radical (unpaired) electrons. The van der Waals surface area contributed by atoms with Gasteiger partial charge < -0.3 is 4.90 Å². The Morgan fingerprint density at radius 3 is 2.65 bits per heavy atom. The van der Waals surface area contributed by atoms with Gasteiger partial charge in [-0.2, -0.15) is 0 Å². The summed E-state index contributed by atoms with van der Waals surface area (Å²) in [5.41, 5.74) is 0.745. The van der Waals surface area contributed by atoms with Crippen LogP contribution in [0.5, 0.6) is 0 Å². The molecule has 0 aliphatic carbocycles. The van der Waals surface area contributed by atoms with Gasteiger partial charge in [0.15, 0.2) is 5.78 Å². The molecule has 1 aromatic rings. The van der Waals surface area contributed by atoms with Gasteiger partial charge in [-0.25, -0.2) is 0 Å². The molecular formula is C16H20BrNO2. The predicted octanol–water partition coefficient (Wildman–Crippen LogP) is 3.53. The fourth-order valence-corrected chi connectivity index (χ4v) is 2.83. The van der Waals surface area contributed by atoms with E-state index in [1.54, 1.807) is 17.0 Å². The molecular weight excluding hydrogens is 318 g/mol. The maximum absolute atomic E-state index is 12.2.